The van der Waals surface area contributed by atoms with Crippen molar-refractivity contribution in [3.8, 4) is 0 Å². The summed E-state index contributed by atoms with van der Waals surface area (Å²) in [5.41, 5.74) is 2.00. The second-order valence-corrected chi connectivity index (χ2v) is 7.42. The normalized spacial score (nSPS) is 11.0. The Balaban J connectivity index is 1.97. The number of hydrogen-bond donors (Lipinski definition) is 0. The van der Waals surface area contributed by atoms with Gasteiger partial charge in [0.25, 0.3) is 0 Å². The minimum absolute atomic E-state index is 0.154. The highest BCUT2D eigenvalue weighted by atomic mass is 35.5. The summed E-state index contributed by atoms with van der Waals surface area (Å²) in [6, 6.07) is 7.81. The monoisotopic (exact) mass is 350 g/mol. The molecule has 0 spiro atoms. The SMILES string of the molecule is CCN(CC(C)C)C(=O)Cc1csc(Cc2cccc(Cl)c2)n1. The molecule has 0 unspecified atom stereocenters. The third-order valence-electron chi connectivity index (χ3n) is 3.50. The first-order chi connectivity index (χ1) is 11.0. The van der Waals surface area contributed by atoms with Gasteiger partial charge in [-0.05, 0) is 30.5 Å². The van der Waals surface area contributed by atoms with Crippen molar-refractivity contribution in [2.75, 3.05) is 13.1 Å². The van der Waals surface area contributed by atoms with Gasteiger partial charge in [-0.15, -0.1) is 11.3 Å². The van der Waals surface area contributed by atoms with E-state index in [1.807, 2.05) is 41.5 Å². The van der Waals surface area contributed by atoms with Gasteiger partial charge in [-0.2, -0.15) is 0 Å². The van der Waals surface area contributed by atoms with Gasteiger partial charge in [0, 0.05) is 29.9 Å². The van der Waals surface area contributed by atoms with Crippen molar-refractivity contribution in [3.63, 3.8) is 0 Å². The van der Waals surface area contributed by atoms with Crippen molar-refractivity contribution < 1.29 is 4.79 Å². The number of amides is 1. The summed E-state index contributed by atoms with van der Waals surface area (Å²) in [6.45, 7) is 7.82. The van der Waals surface area contributed by atoms with Crippen molar-refractivity contribution in [2.24, 2.45) is 5.92 Å². The van der Waals surface area contributed by atoms with E-state index in [1.165, 1.54) is 0 Å². The van der Waals surface area contributed by atoms with Crippen LogP contribution in [0.15, 0.2) is 29.6 Å². The fourth-order valence-electron chi connectivity index (χ4n) is 2.45. The molecule has 0 aliphatic heterocycles. The van der Waals surface area contributed by atoms with Crippen molar-refractivity contribution >= 4 is 28.8 Å². The molecular formula is C18H23ClN2OS. The Morgan fingerprint density at radius 2 is 2.17 bits per heavy atom. The molecule has 1 aromatic heterocycles. The van der Waals surface area contributed by atoms with Crippen LogP contribution in [0.3, 0.4) is 0 Å². The molecular weight excluding hydrogens is 328 g/mol. The summed E-state index contributed by atoms with van der Waals surface area (Å²) in [7, 11) is 0. The van der Waals surface area contributed by atoms with Crippen molar-refractivity contribution in [2.45, 2.75) is 33.6 Å². The van der Waals surface area contributed by atoms with E-state index in [4.69, 9.17) is 11.6 Å². The van der Waals surface area contributed by atoms with Crippen LogP contribution in [0.4, 0.5) is 0 Å². The van der Waals surface area contributed by atoms with Crippen LogP contribution in [0.25, 0.3) is 0 Å². The number of nitrogens with zero attached hydrogens (tertiary/aromatic N) is 2. The summed E-state index contributed by atoms with van der Waals surface area (Å²) >= 11 is 7.61. The number of thiazole rings is 1. The molecule has 124 valence electrons. The van der Waals surface area contributed by atoms with Crippen LogP contribution in [-0.4, -0.2) is 28.9 Å². The molecule has 0 aliphatic carbocycles. The van der Waals surface area contributed by atoms with E-state index in [0.29, 0.717) is 12.3 Å². The second kappa shape index (κ2) is 8.46. The van der Waals surface area contributed by atoms with Crippen LogP contribution in [0.1, 0.15) is 37.0 Å². The van der Waals surface area contributed by atoms with Crippen LogP contribution >= 0.6 is 22.9 Å². The Kier molecular flexibility index (Phi) is 6.60. The molecule has 0 saturated carbocycles. The third-order valence-corrected chi connectivity index (χ3v) is 4.63. The smallest absolute Gasteiger partial charge is 0.228 e. The molecule has 23 heavy (non-hydrogen) atoms. The number of rotatable bonds is 7. The van der Waals surface area contributed by atoms with Gasteiger partial charge in [-0.3, -0.25) is 4.79 Å². The Morgan fingerprint density at radius 1 is 1.39 bits per heavy atom. The van der Waals surface area contributed by atoms with E-state index in [-0.39, 0.29) is 5.91 Å². The maximum atomic E-state index is 12.4. The van der Waals surface area contributed by atoms with E-state index in [2.05, 4.69) is 18.8 Å². The molecule has 0 radical (unpaired) electrons. The Labute approximate surface area is 147 Å². The summed E-state index contributed by atoms with van der Waals surface area (Å²) in [5.74, 6) is 0.633. The number of carbonyl (C=O) groups excluding carboxylic acids is 1. The van der Waals surface area contributed by atoms with Gasteiger partial charge in [0.1, 0.15) is 0 Å². The molecule has 1 heterocycles. The molecule has 2 aromatic rings. The maximum Gasteiger partial charge on any atom is 0.228 e. The van der Waals surface area contributed by atoms with Gasteiger partial charge >= 0.3 is 0 Å². The fourth-order valence-corrected chi connectivity index (χ4v) is 3.49. The zero-order valence-electron chi connectivity index (χ0n) is 13.9. The average molecular weight is 351 g/mol. The Hall–Kier alpha value is -1.39. The van der Waals surface area contributed by atoms with Gasteiger partial charge in [-0.1, -0.05) is 37.6 Å². The van der Waals surface area contributed by atoms with E-state index in [1.54, 1.807) is 11.3 Å². The number of aromatic nitrogens is 1. The van der Waals surface area contributed by atoms with Gasteiger partial charge in [0.2, 0.25) is 5.91 Å². The molecule has 1 aromatic carbocycles. The highest BCUT2D eigenvalue weighted by Gasteiger charge is 2.15. The second-order valence-electron chi connectivity index (χ2n) is 6.04. The van der Waals surface area contributed by atoms with Crippen LogP contribution < -0.4 is 0 Å². The van der Waals surface area contributed by atoms with E-state index < -0.39 is 0 Å². The lowest BCUT2D eigenvalue weighted by molar-refractivity contribution is -0.130. The largest absolute Gasteiger partial charge is 0.342 e. The predicted molar refractivity (Wildman–Crippen MR) is 97.2 cm³/mol. The first-order valence-electron chi connectivity index (χ1n) is 7.93. The minimum Gasteiger partial charge on any atom is -0.342 e. The van der Waals surface area contributed by atoms with Gasteiger partial charge < -0.3 is 4.90 Å². The first-order valence-corrected chi connectivity index (χ1v) is 9.19. The van der Waals surface area contributed by atoms with Gasteiger partial charge in [0.05, 0.1) is 17.1 Å². The van der Waals surface area contributed by atoms with Crippen LogP contribution in [-0.2, 0) is 17.6 Å². The van der Waals surface area contributed by atoms with E-state index >= 15 is 0 Å². The summed E-state index contributed by atoms with van der Waals surface area (Å²) < 4.78 is 0. The van der Waals surface area contributed by atoms with Crippen LogP contribution in [0.2, 0.25) is 5.02 Å². The van der Waals surface area contributed by atoms with Crippen molar-refractivity contribution in [1.82, 2.24) is 9.88 Å². The maximum absolute atomic E-state index is 12.4. The number of likely N-dealkylation sites (N-methyl/N-ethyl adjacent to an activating group) is 1. The molecule has 3 nitrogen and oxygen atoms in total. The molecule has 0 bridgehead atoms. The summed E-state index contributed by atoms with van der Waals surface area (Å²) in [4.78, 5) is 18.9. The van der Waals surface area contributed by atoms with Crippen molar-refractivity contribution in [3.05, 3.63) is 50.9 Å². The number of hydrogen-bond acceptors (Lipinski definition) is 3. The minimum atomic E-state index is 0.154. The number of benzene rings is 1. The Bertz CT molecular complexity index is 654. The van der Waals surface area contributed by atoms with E-state index in [0.717, 1.165) is 40.8 Å². The highest BCUT2D eigenvalue weighted by Crippen LogP contribution is 2.18. The molecule has 0 aliphatic rings. The zero-order chi connectivity index (χ0) is 16.8. The number of halogens is 1. The van der Waals surface area contributed by atoms with E-state index in [9.17, 15) is 4.79 Å². The Morgan fingerprint density at radius 3 is 2.83 bits per heavy atom. The molecule has 0 fully saturated rings. The topological polar surface area (TPSA) is 33.2 Å². The molecule has 5 heteroatoms. The lowest BCUT2D eigenvalue weighted by atomic mass is 10.1. The van der Waals surface area contributed by atoms with Crippen LogP contribution in [0, 0.1) is 5.92 Å². The third kappa shape index (κ3) is 5.63. The lowest BCUT2D eigenvalue weighted by Crippen LogP contribution is -2.35. The molecule has 2 rings (SSSR count). The number of carbonyl (C=O) groups is 1. The van der Waals surface area contributed by atoms with Gasteiger partial charge in [-0.25, -0.2) is 4.98 Å². The van der Waals surface area contributed by atoms with Crippen LogP contribution in [0.5, 0.6) is 0 Å². The molecule has 0 saturated heterocycles. The predicted octanol–water partition coefficient (Wildman–Crippen LogP) is 4.43. The summed E-state index contributed by atoms with van der Waals surface area (Å²) in [5, 5.41) is 3.74. The molecule has 1 amide bonds. The highest BCUT2D eigenvalue weighted by molar-refractivity contribution is 7.09. The molecule has 0 atom stereocenters. The average Bonchev–Trinajstić information content (AvgIpc) is 2.91. The quantitative estimate of drug-likeness (QED) is 0.739. The summed E-state index contributed by atoms with van der Waals surface area (Å²) in [6.07, 6.45) is 1.13. The van der Waals surface area contributed by atoms with Crippen molar-refractivity contribution in [1.29, 1.82) is 0 Å². The van der Waals surface area contributed by atoms with Gasteiger partial charge in [0.15, 0.2) is 0 Å². The first kappa shape index (κ1) is 18.0. The zero-order valence-corrected chi connectivity index (χ0v) is 15.5. The fraction of sp³-hybridized carbons (Fsp3) is 0.444. The lowest BCUT2D eigenvalue weighted by Gasteiger charge is -2.22. The molecule has 0 N–H and O–H groups in total. The standard InChI is InChI=1S/C18H23ClN2OS/c1-4-21(11-13(2)3)18(22)10-16-12-23-17(20-16)9-14-6-5-7-15(19)8-14/h5-8,12-13H,4,9-11H2,1-3H3.